The molecule has 0 aromatic heterocycles. The average Bonchev–Trinajstić information content (AvgIpc) is 2.61. The lowest BCUT2D eigenvalue weighted by Gasteiger charge is -2.27. The molecule has 0 bridgehead atoms. The summed E-state index contributed by atoms with van der Waals surface area (Å²) >= 11 is 3.26. The highest BCUT2D eigenvalue weighted by Gasteiger charge is 2.16. The molecule has 1 aliphatic heterocycles. The highest BCUT2D eigenvalue weighted by atomic mass is 79.9. The number of carbonyl (C=O) groups excluding carboxylic acids is 1. The van der Waals surface area contributed by atoms with Crippen LogP contribution in [0.25, 0.3) is 0 Å². The Balaban J connectivity index is 1.77. The number of piperidine rings is 1. The summed E-state index contributed by atoms with van der Waals surface area (Å²) in [5, 5.41) is 3.18. The van der Waals surface area contributed by atoms with E-state index in [2.05, 4.69) is 38.3 Å². The second-order valence-electron chi connectivity index (χ2n) is 6.63. The van der Waals surface area contributed by atoms with Gasteiger partial charge in [0.25, 0.3) is 5.91 Å². The second kappa shape index (κ2) is 8.64. The molecule has 1 heterocycles. The van der Waals surface area contributed by atoms with E-state index in [0.29, 0.717) is 16.7 Å². The van der Waals surface area contributed by atoms with E-state index in [0.717, 1.165) is 25.2 Å². The fourth-order valence-corrected chi connectivity index (χ4v) is 3.83. The van der Waals surface area contributed by atoms with Gasteiger partial charge in [0.2, 0.25) is 0 Å². The normalized spacial score (nSPS) is 15.0. The topological polar surface area (TPSA) is 58.4 Å². The van der Waals surface area contributed by atoms with Gasteiger partial charge in [-0.25, -0.2) is 4.39 Å². The van der Waals surface area contributed by atoms with Crippen molar-refractivity contribution in [3.63, 3.8) is 0 Å². The number of rotatable bonds is 6. The van der Waals surface area contributed by atoms with E-state index in [1.54, 1.807) is 6.07 Å². The smallest absolute Gasteiger partial charge is 0.253 e. The summed E-state index contributed by atoms with van der Waals surface area (Å²) in [7, 11) is 0. The second-order valence-corrected chi connectivity index (χ2v) is 7.55. The summed E-state index contributed by atoms with van der Waals surface area (Å²) in [5.74, 6) is -1.41. The molecule has 1 amide bonds. The number of primary amides is 1. The molecule has 0 atom stereocenters. The number of halogens is 2. The Morgan fingerprint density at radius 1 is 1.15 bits per heavy atom. The Hall–Kier alpha value is -1.92. The number of anilines is 1. The van der Waals surface area contributed by atoms with E-state index in [9.17, 15) is 9.18 Å². The third-order valence-electron chi connectivity index (χ3n) is 4.73. The molecule has 4 nitrogen and oxygen atoms in total. The number of amides is 1. The number of hydrogen-bond acceptors (Lipinski definition) is 3. The largest absolute Gasteiger partial charge is 0.380 e. The standard InChI is InChI=1S/C20H23BrFN3O/c21-16-10-17(22)19(20(23)26)18(11-16)24-12-14-6-2-3-7-15(14)13-25-8-4-1-5-9-25/h2-3,6-7,10-11,24H,1,4-5,8-9,12-13H2,(H2,23,26). The van der Waals surface area contributed by atoms with Crippen LogP contribution in [0.1, 0.15) is 40.7 Å². The predicted molar refractivity (Wildman–Crippen MR) is 106 cm³/mol. The van der Waals surface area contributed by atoms with Crippen molar-refractivity contribution < 1.29 is 9.18 Å². The van der Waals surface area contributed by atoms with E-state index >= 15 is 0 Å². The minimum absolute atomic E-state index is 0.110. The van der Waals surface area contributed by atoms with Gasteiger partial charge in [-0.1, -0.05) is 46.6 Å². The average molecular weight is 420 g/mol. The number of benzene rings is 2. The molecular weight excluding hydrogens is 397 g/mol. The van der Waals surface area contributed by atoms with Crippen molar-refractivity contribution in [2.75, 3.05) is 18.4 Å². The molecule has 0 aliphatic carbocycles. The zero-order chi connectivity index (χ0) is 18.5. The molecule has 0 saturated carbocycles. The predicted octanol–water partition coefficient (Wildman–Crippen LogP) is 4.29. The maximum Gasteiger partial charge on any atom is 0.253 e. The van der Waals surface area contributed by atoms with Gasteiger partial charge in [0, 0.05) is 17.6 Å². The zero-order valence-electron chi connectivity index (χ0n) is 14.6. The molecule has 26 heavy (non-hydrogen) atoms. The van der Waals surface area contributed by atoms with Crippen LogP contribution in [0.5, 0.6) is 0 Å². The first-order chi connectivity index (χ1) is 12.5. The van der Waals surface area contributed by atoms with Crippen molar-refractivity contribution >= 4 is 27.5 Å². The lowest BCUT2D eigenvalue weighted by atomic mass is 10.0. The highest BCUT2D eigenvalue weighted by molar-refractivity contribution is 9.10. The molecule has 1 saturated heterocycles. The number of hydrogen-bond donors (Lipinski definition) is 2. The summed E-state index contributed by atoms with van der Waals surface area (Å²) < 4.78 is 14.7. The first-order valence-electron chi connectivity index (χ1n) is 8.86. The third kappa shape index (κ3) is 4.62. The van der Waals surface area contributed by atoms with Crippen LogP contribution in [0.15, 0.2) is 40.9 Å². The van der Waals surface area contributed by atoms with Crippen LogP contribution >= 0.6 is 15.9 Å². The van der Waals surface area contributed by atoms with Gasteiger partial charge in [-0.3, -0.25) is 9.69 Å². The molecule has 0 unspecified atom stereocenters. The van der Waals surface area contributed by atoms with E-state index in [1.807, 2.05) is 12.1 Å². The number of nitrogens with zero attached hydrogens (tertiary/aromatic N) is 1. The Bertz CT molecular complexity index is 791. The van der Waals surface area contributed by atoms with E-state index < -0.39 is 11.7 Å². The molecule has 0 radical (unpaired) electrons. The number of likely N-dealkylation sites (tertiary alicyclic amines) is 1. The van der Waals surface area contributed by atoms with Gasteiger partial charge in [-0.05, 0) is 49.2 Å². The zero-order valence-corrected chi connectivity index (χ0v) is 16.2. The summed E-state index contributed by atoms with van der Waals surface area (Å²) in [5.41, 5.74) is 8.02. The quantitative estimate of drug-likeness (QED) is 0.734. The van der Waals surface area contributed by atoms with Gasteiger partial charge < -0.3 is 11.1 Å². The molecule has 1 fully saturated rings. The first kappa shape index (κ1) is 18.9. The minimum Gasteiger partial charge on any atom is -0.380 e. The van der Waals surface area contributed by atoms with Gasteiger partial charge >= 0.3 is 0 Å². The Morgan fingerprint density at radius 3 is 2.54 bits per heavy atom. The fourth-order valence-electron chi connectivity index (χ4n) is 3.40. The van der Waals surface area contributed by atoms with Crippen molar-refractivity contribution in [2.24, 2.45) is 5.73 Å². The van der Waals surface area contributed by atoms with Crippen LogP contribution < -0.4 is 11.1 Å². The van der Waals surface area contributed by atoms with Gasteiger partial charge in [0.1, 0.15) is 5.82 Å². The van der Waals surface area contributed by atoms with Crippen LogP contribution in [-0.4, -0.2) is 23.9 Å². The third-order valence-corrected chi connectivity index (χ3v) is 5.19. The van der Waals surface area contributed by atoms with Gasteiger partial charge in [0.05, 0.1) is 11.3 Å². The molecule has 6 heteroatoms. The van der Waals surface area contributed by atoms with Gasteiger partial charge in [0.15, 0.2) is 0 Å². The Kier molecular flexibility index (Phi) is 6.27. The molecule has 3 N–H and O–H groups in total. The number of carbonyl (C=O) groups is 1. The van der Waals surface area contributed by atoms with Gasteiger partial charge in [-0.15, -0.1) is 0 Å². The van der Waals surface area contributed by atoms with Crippen LogP contribution in [0, 0.1) is 5.82 Å². The molecule has 1 aliphatic rings. The highest BCUT2D eigenvalue weighted by Crippen LogP contribution is 2.26. The molecule has 2 aromatic carbocycles. The maximum atomic E-state index is 14.1. The number of nitrogens with two attached hydrogens (primary N) is 1. The minimum atomic E-state index is -0.779. The summed E-state index contributed by atoms with van der Waals surface area (Å²) in [6, 6.07) is 11.1. The van der Waals surface area contributed by atoms with Gasteiger partial charge in [-0.2, -0.15) is 0 Å². The number of nitrogens with one attached hydrogen (secondary N) is 1. The fraction of sp³-hybridized carbons (Fsp3) is 0.350. The summed E-state index contributed by atoms with van der Waals surface area (Å²) in [6.45, 7) is 3.67. The maximum absolute atomic E-state index is 14.1. The van der Waals surface area contributed by atoms with E-state index in [4.69, 9.17) is 5.73 Å². The van der Waals surface area contributed by atoms with Crippen LogP contribution in [0.3, 0.4) is 0 Å². The molecule has 138 valence electrons. The summed E-state index contributed by atoms with van der Waals surface area (Å²) in [4.78, 5) is 14.1. The van der Waals surface area contributed by atoms with Crippen LogP contribution in [0.2, 0.25) is 0 Å². The SMILES string of the molecule is NC(=O)c1c(F)cc(Br)cc1NCc1ccccc1CN1CCCCC1. The molecular formula is C20H23BrFN3O. The van der Waals surface area contributed by atoms with E-state index in [-0.39, 0.29) is 5.56 Å². The van der Waals surface area contributed by atoms with Crippen molar-refractivity contribution in [3.05, 3.63) is 63.4 Å². The van der Waals surface area contributed by atoms with Crippen molar-refractivity contribution in [3.8, 4) is 0 Å². The lowest BCUT2D eigenvalue weighted by Crippen LogP contribution is -2.29. The van der Waals surface area contributed by atoms with Crippen molar-refractivity contribution in [2.45, 2.75) is 32.4 Å². The van der Waals surface area contributed by atoms with Crippen LogP contribution in [-0.2, 0) is 13.1 Å². The first-order valence-corrected chi connectivity index (χ1v) is 9.66. The molecule has 3 rings (SSSR count). The Labute approximate surface area is 161 Å². The van der Waals surface area contributed by atoms with E-state index in [1.165, 1.54) is 30.9 Å². The summed E-state index contributed by atoms with van der Waals surface area (Å²) in [6.07, 6.45) is 3.81. The lowest BCUT2D eigenvalue weighted by molar-refractivity contribution is 0.0997. The van der Waals surface area contributed by atoms with Crippen molar-refractivity contribution in [1.82, 2.24) is 4.90 Å². The monoisotopic (exact) mass is 419 g/mol. The van der Waals surface area contributed by atoms with Crippen molar-refractivity contribution in [1.29, 1.82) is 0 Å². The molecule has 2 aromatic rings. The molecule has 0 spiro atoms. The van der Waals surface area contributed by atoms with Crippen LogP contribution in [0.4, 0.5) is 10.1 Å². The Morgan fingerprint density at radius 2 is 1.85 bits per heavy atom.